The van der Waals surface area contributed by atoms with E-state index in [0.29, 0.717) is 22.5 Å². The van der Waals surface area contributed by atoms with Crippen molar-refractivity contribution in [2.75, 3.05) is 0 Å². The Hall–Kier alpha value is -1.87. The normalized spacial score (nSPS) is 11.8. The Morgan fingerprint density at radius 1 is 1.23 bits per heavy atom. The van der Waals surface area contributed by atoms with E-state index in [1.165, 1.54) is 29.2 Å². The van der Waals surface area contributed by atoms with Crippen molar-refractivity contribution in [2.24, 2.45) is 0 Å². The SMILES string of the molecule is FC(F)(F)c1ccc(SCc2noc(-c3ccsc3)n2)nc1. The van der Waals surface area contributed by atoms with E-state index in [9.17, 15) is 13.2 Å². The molecule has 3 rings (SSSR count). The van der Waals surface area contributed by atoms with Gasteiger partial charge in [0.25, 0.3) is 5.89 Å². The van der Waals surface area contributed by atoms with Crippen molar-refractivity contribution in [1.82, 2.24) is 15.1 Å². The Bertz CT molecular complexity index is 739. The molecule has 0 atom stereocenters. The van der Waals surface area contributed by atoms with E-state index >= 15 is 0 Å². The largest absolute Gasteiger partial charge is 0.417 e. The van der Waals surface area contributed by atoms with Crippen molar-refractivity contribution < 1.29 is 17.7 Å². The average Bonchev–Trinajstić information content (AvgIpc) is 3.15. The van der Waals surface area contributed by atoms with E-state index in [1.54, 1.807) is 0 Å². The van der Waals surface area contributed by atoms with E-state index in [-0.39, 0.29) is 0 Å². The molecule has 3 aromatic heterocycles. The standard InChI is InChI=1S/C13H8F3N3OS2/c14-13(15,16)9-1-2-11(17-5-9)22-7-10-18-12(20-19-10)8-3-4-21-6-8/h1-6H,7H2. The first-order chi connectivity index (χ1) is 10.5. The number of aromatic nitrogens is 3. The summed E-state index contributed by atoms with van der Waals surface area (Å²) in [4.78, 5) is 8.00. The van der Waals surface area contributed by atoms with Crippen LogP contribution in [0, 0.1) is 0 Å². The molecule has 4 nitrogen and oxygen atoms in total. The Labute approximate surface area is 131 Å². The number of hydrogen-bond acceptors (Lipinski definition) is 6. The zero-order valence-corrected chi connectivity index (χ0v) is 12.5. The van der Waals surface area contributed by atoms with Crippen LogP contribution in [-0.4, -0.2) is 15.1 Å². The molecule has 0 bridgehead atoms. The van der Waals surface area contributed by atoms with Crippen LogP contribution in [0.1, 0.15) is 11.4 Å². The summed E-state index contributed by atoms with van der Waals surface area (Å²) in [5, 5.41) is 8.10. The van der Waals surface area contributed by atoms with Gasteiger partial charge in [-0.1, -0.05) is 16.9 Å². The van der Waals surface area contributed by atoms with Gasteiger partial charge in [-0.15, -0.1) is 0 Å². The van der Waals surface area contributed by atoms with Crippen LogP contribution < -0.4 is 0 Å². The van der Waals surface area contributed by atoms with Crippen molar-refractivity contribution in [1.29, 1.82) is 0 Å². The molecule has 22 heavy (non-hydrogen) atoms. The van der Waals surface area contributed by atoms with Crippen LogP contribution in [0.2, 0.25) is 0 Å². The second-order valence-corrected chi connectivity index (χ2v) is 5.97. The number of nitrogens with zero attached hydrogens (tertiary/aromatic N) is 3. The Kier molecular flexibility index (Phi) is 4.16. The van der Waals surface area contributed by atoms with Crippen LogP contribution in [0.4, 0.5) is 13.2 Å². The fourth-order valence-corrected chi connectivity index (χ4v) is 2.90. The maximum Gasteiger partial charge on any atom is 0.417 e. The van der Waals surface area contributed by atoms with Crippen molar-refractivity contribution in [2.45, 2.75) is 17.0 Å². The molecule has 0 aliphatic rings. The number of alkyl halides is 3. The molecule has 0 saturated carbocycles. The predicted molar refractivity (Wildman–Crippen MR) is 76.4 cm³/mol. The van der Waals surface area contributed by atoms with Crippen LogP contribution in [-0.2, 0) is 11.9 Å². The van der Waals surface area contributed by atoms with Gasteiger partial charge in [-0.05, 0) is 23.6 Å². The molecular formula is C13H8F3N3OS2. The second kappa shape index (κ2) is 6.09. The molecule has 0 spiro atoms. The van der Waals surface area contributed by atoms with Crippen molar-refractivity contribution in [3.8, 4) is 11.5 Å². The molecular weight excluding hydrogens is 335 g/mol. The molecule has 0 radical (unpaired) electrons. The minimum atomic E-state index is -4.38. The number of hydrogen-bond donors (Lipinski definition) is 0. The van der Waals surface area contributed by atoms with Gasteiger partial charge < -0.3 is 4.52 Å². The Morgan fingerprint density at radius 3 is 2.73 bits per heavy atom. The Balaban J connectivity index is 1.63. The zero-order chi connectivity index (χ0) is 15.6. The van der Waals surface area contributed by atoms with Gasteiger partial charge in [-0.2, -0.15) is 29.5 Å². The molecule has 3 aromatic rings. The minimum absolute atomic E-state index is 0.367. The van der Waals surface area contributed by atoms with Gasteiger partial charge >= 0.3 is 6.18 Å². The van der Waals surface area contributed by atoms with Crippen LogP contribution in [0.5, 0.6) is 0 Å². The summed E-state index contributed by atoms with van der Waals surface area (Å²) >= 11 is 2.76. The third-order valence-corrected chi connectivity index (χ3v) is 4.27. The molecule has 0 aromatic carbocycles. The maximum absolute atomic E-state index is 12.4. The third-order valence-electron chi connectivity index (χ3n) is 2.65. The van der Waals surface area contributed by atoms with Crippen molar-refractivity contribution in [3.05, 3.63) is 46.5 Å². The summed E-state index contributed by atoms with van der Waals surface area (Å²) in [5.74, 6) is 1.26. The maximum atomic E-state index is 12.4. The van der Waals surface area contributed by atoms with Gasteiger partial charge in [-0.25, -0.2) is 4.98 Å². The first kappa shape index (κ1) is 15.0. The van der Waals surface area contributed by atoms with Crippen LogP contribution in [0.3, 0.4) is 0 Å². The predicted octanol–water partition coefficient (Wildman–Crippen LogP) is 4.50. The lowest BCUT2D eigenvalue weighted by molar-refractivity contribution is -0.137. The van der Waals surface area contributed by atoms with E-state index in [1.807, 2.05) is 16.8 Å². The lowest BCUT2D eigenvalue weighted by Gasteiger charge is -2.05. The molecule has 0 saturated heterocycles. The molecule has 0 amide bonds. The average molecular weight is 343 g/mol. The zero-order valence-electron chi connectivity index (χ0n) is 10.9. The van der Waals surface area contributed by atoms with Gasteiger partial charge in [0.1, 0.15) is 0 Å². The third kappa shape index (κ3) is 3.47. The molecule has 0 aliphatic heterocycles. The van der Waals surface area contributed by atoms with Gasteiger partial charge in [0.05, 0.1) is 21.9 Å². The van der Waals surface area contributed by atoms with Gasteiger partial charge in [0.15, 0.2) is 5.82 Å². The van der Waals surface area contributed by atoms with E-state index in [0.717, 1.165) is 17.8 Å². The molecule has 0 unspecified atom stereocenters. The fraction of sp³-hybridized carbons (Fsp3) is 0.154. The monoisotopic (exact) mass is 343 g/mol. The summed E-state index contributed by atoms with van der Waals surface area (Å²) in [6.07, 6.45) is -3.56. The molecule has 9 heteroatoms. The topological polar surface area (TPSA) is 51.8 Å². The lowest BCUT2D eigenvalue weighted by atomic mass is 10.3. The van der Waals surface area contributed by atoms with Crippen LogP contribution in [0.15, 0.2) is 44.7 Å². The number of rotatable bonds is 4. The molecule has 0 N–H and O–H groups in total. The number of thioether (sulfide) groups is 1. The highest BCUT2D eigenvalue weighted by molar-refractivity contribution is 7.98. The smallest absolute Gasteiger partial charge is 0.334 e. The summed E-state index contributed by atoms with van der Waals surface area (Å²) in [6.45, 7) is 0. The summed E-state index contributed by atoms with van der Waals surface area (Å²) in [7, 11) is 0. The van der Waals surface area contributed by atoms with E-state index in [4.69, 9.17) is 4.52 Å². The first-order valence-corrected chi connectivity index (χ1v) is 7.96. The molecule has 114 valence electrons. The van der Waals surface area contributed by atoms with Gasteiger partial charge in [-0.3, -0.25) is 0 Å². The molecule has 0 aliphatic carbocycles. The summed E-state index contributed by atoms with van der Waals surface area (Å²) < 4.78 is 42.4. The quantitative estimate of drug-likeness (QED) is 0.653. The second-order valence-electron chi connectivity index (χ2n) is 4.20. The Morgan fingerprint density at radius 2 is 2.09 bits per heavy atom. The number of pyridine rings is 1. The highest BCUT2D eigenvalue weighted by atomic mass is 32.2. The molecule has 3 heterocycles. The van der Waals surface area contributed by atoms with Crippen molar-refractivity contribution in [3.63, 3.8) is 0 Å². The molecule has 0 fully saturated rings. The summed E-state index contributed by atoms with van der Waals surface area (Å²) in [5.41, 5.74) is 0.0811. The van der Waals surface area contributed by atoms with Gasteiger partial charge in [0, 0.05) is 11.6 Å². The van der Waals surface area contributed by atoms with Gasteiger partial charge in [0.2, 0.25) is 0 Å². The van der Waals surface area contributed by atoms with E-state index in [2.05, 4.69) is 15.1 Å². The first-order valence-electron chi connectivity index (χ1n) is 6.03. The lowest BCUT2D eigenvalue weighted by Crippen LogP contribution is -2.05. The van der Waals surface area contributed by atoms with E-state index < -0.39 is 11.7 Å². The highest BCUT2D eigenvalue weighted by Gasteiger charge is 2.30. The summed E-state index contributed by atoms with van der Waals surface area (Å²) in [6, 6.07) is 4.20. The fourth-order valence-electron chi connectivity index (χ4n) is 1.59. The minimum Gasteiger partial charge on any atom is -0.334 e. The van der Waals surface area contributed by atoms with Crippen LogP contribution in [0.25, 0.3) is 11.5 Å². The number of halogens is 3. The van der Waals surface area contributed by atoms with Crippen molar-refractivity contribution >= 4 is 23.1 Å². The van der Waals surface area contributed by atoms with Crippen LogP contribution >= 0.6 is 23.1 Å². The highest BCUT2D eigenvalue weighted by Crippen LogP contribution is 2.30. The number of thiophene rings is 1.